The van der Waals surface area contributed by atoms with Crippen LogP contribution in [-0.4, -0.2) is 75.4 Å². The Morgan fingerprint density at radius 1 is 1.12 bits per heavy atom. The van der Waals surface area contributed by atoms with E-state index in [-0.39, 0.29) is 59.1 Å². The smallest absolute Gasteiger partial charge is 0.488 e. The van der Waals surface area contributed by atoms with E-state index < -0.39 is 35.6 Å². The lowest BCUT2D eigenvalue weighted by Crippen LogP contribution is -2.24. The van der Waals surface area contributed by atoms with Gasteiger partial charge in [-0.2, -0.15) is 4.99 Å². The van der Waals surface area contributed by atoms with Crippen molar-refractivity contribution in [3.8, 4) is 17.2 Å². The van der Waals surface area contributed by atoms with Crippen LogP contribution in [-0.2, 0) is 50.6 Å². The molecule has 0 bridgehead atoms. The van der Waals surface area contributed by atoms with E-state index in [1.807, 2.05) is 6.92 Å². The number of amides is 1. The molecule has 1 aliphatic heterocycles. The van der Waals surface area contributed by atoms with Gasteiger partial charge in [0.05, 0.1) is 38.3 Å². The van der Waals surface area contributed by atoms with Gasteiger partial charge in [-0.05, 0) is 51.0 Å². The van der Waals surface area contributed by atoms with Crippen molar-refractivity contribution in [3.63, 3.8) is 0 Å². The first-order valence-electron chi connectivity index (χ1n) is 14.9. The average molecular weight is 728 g/mol. The topological polar surface area (TPSA) is 180 Å². The second-order valence-electron chi connectivity index (χ2n) is 10.8. The van der Waals surface area contributed by atoms with Gasteiger partial charge in [0.2, 0.25) is 0 Å². The third kappa shape index (κ3) is 10.7. The number of sulfone groups is 1. The van der Waals surface area contributed by atoms with Crippen LogP contribution in [0.5, 0.6) is 17.2 Å². The molecule has 1 amide bonds. The van der Waals surface area contributed by atoms with Crippen molar-refractivity contribution in [1.29, 1.82) is 0 Å². The molecular weight excluding hydrogens is 689 g/mol. The van der Waals surface area contributed by atoms with Crippen LogP contribution in [0.4, 0.5) is 4.79 Å². The van der Waals surface area contributed by atoms with Crippen molar-refractivity contribution < 1.29 is 55.3 Å². The Kier molecular flexibility index (Phi) is 12.9. The Morgan fingerprint density at radius 2 is 1.85 bits per heavy atom. The number of hydrogen-bond donors (Lipinski definition) is 0. The molecule has 48 heavy (non-hydrogen) atoms. The number of aromatic nitrogens is 2. The molecule has 1 atom stereocenters. The van der Waals surface area contributed by atoms with E-state index >= 15 is 0 Å². The van der Waals surface area contributed by atoms with Crippen LogP contribution in [0.15, 0.2) is 51.9 Å². The highest BCUT2D eigenvalue weighted by Gasteiger charge is 2.30. The molecule has 15 nitrogen and oxygen atoms in total. The molecule has 4 rings (SSSR count). The fourth-order valence-corrected chi connectivity index (χ4v) is 7.52. The largest absolute Gasteiger partial charge is 0.510 e. The molecule has 262 valence electrons. The number of thiazole rings is 1. The molecule has 0 spiro atoms. The Bertz CT molecular complexity index is 1800. The van der Waals surface area contributed by atoms with Gasteiger partial charge < -0.3 is 32.7 Å². The summed E-state index contributed by atoms with van der Waals surface area (Å²) in [5, 5.41) is 1.51. The Labute approximate surface area is 282 Å². The molecule has 18 heteroatoms. The van der Waals surface area contributed by atoms with E-state index in [2.05, 4.69) is 9.98 Å². The number of pyridine rings is 1. The summed E-state index contributed by atoms with van der Waals surface area (Å²) >= 11 is 1.06. The zero-order valence-electron chi connectivity index (χ0n) is 27.2. The zero-order chi connectivity index (χ0) is 34.9. The lowest BCUT2D eigenvalue weighted by molar-refractivity contribution is 0.0150. The number of benzene rings is 1. The molecule has 1 fully saturated rings. The molecule has 0 radical (unpaired) electrons. The van der Waals surface area contributed by atoms with Crippen molar-refractivity contribution in [2.24, 2.45) is 4.99 Å². The number of carbonyl (C=O) groups excluding carboxylic acids is 2. The van der Waals surface area contributed by atoms with Crippen molar-refractivity contribution in [2.45, 2.75) is 63.7 Å². The van der Waals surface area contributed by atoms with Crippen LogP contribution >= 0.6 is 18.9 Å². The maximum Gasteiger partial charge on any atom is 0.510 e. The van der Waals surface area contributed by atoms with Crippen LogP contribution < -0.4 is 14.3 Å². The van der Waals surface area contributed by atoms with Gasteiger partial charge in [-0.1, -0.05) is 6.92 Å². The number of rotatable bonds is 14. The number of ether oxygens (including phenoxy) is 5. The molecule has 2 aromatic heterocycles. The first-order valence-corrected chi connectivity index (χ1v) is 19.4. The van der Waals surface area contributed by atoms with Gasteiger partial charge in [-0.3, -0.25) is 13.9 Å². The highest BCUT2D eigenvalue weighted by atomic mass is 32.2. The van der Waals surface area contributed by atoms with Crippen LogP contribution in [0.3, 0.4) is 0 Å². The van der Waals surface area contributed by atoms with Crippen LogP contribution in [0.2, 0.25) is 0 Å². The van der Waals surface area contributed by atoms with Gasteiger partial charge >= 0.3 is 13.8 Å². The fraction of sp³-hybridized carbons (Fsp3) is 0.467. The van der Waals surface area contributed by atoms with Gasteiger partial charge in [-0.25, -0.2) is 18.2 Å². The van der Waals surface area contributed by atoms with E-state index in [9.17, 15) is 22.6 Å². The van der Waals surface area contributed by atoms with Gasteiger partial charge in [0.1, 0.15) is 23.4 Å². The first kappa shape index (κ1) is 37.2. The minimum atomic E-state index is -3.52. The maximum atomic E-state index is 13.7. The van der Waals surface area contributed by atoms with E-state index in [1.165, 1.54) is 35.0 Å². The molecule has 1 aliphatic rings. The summed E-state index contributed by atoms with van der Waals surface area (Å²) in [4.78, 5) is 34.2. The molecule has 3 aromatic rings. The quantitative estimate of drug-likeness (QED) is 0.154. The van der Waals surface area contributed by atoms with E-state index in [0.29, 0.717) is 30.9 Å². The number of carbonyl (C=O) groups is 2. The van der Waals surface area contributed by atoms with Crippen LogP contribution in [0, 0.1) is 0 Å². The lowest BCUT2D eigenvalue weighted by atomic mass is 10.2. The standard InChI is InChI=1S/C30H38N3O12PS2/c1-6-23(16-39-4)44-25-12-21(13-26(14-25)45-24-8-9-27(31-15-24)48(5,37)38)28(34)32-29-33(19-40-30(35)43-20(2)3)22(18-47-29)17-46(36)41-10-7-11-42-46/h8-9,12-15,18,20,23H,6-7,10-11,16-17,19H2,1-5H3/t23-/m0/s1. The van der Waals surface area contributed by atoms with Crippen LogP contribution in [0.1, 0.15) is 49.7 Å². The Morgan fingerprint density at radius 3 is 2.48 bits per heavy atom. The Hall–Kier alpha value is -3.60. The Balaban J connectivity index is 1.70. The summed E-state index contributed by atoms with van der Waals surface area (Å²) in [5.41, 5.74) is 0.495. The number of nitrogens with zero attached hydrogens (tertiary/aromatic N) is 3. The molecule has 1 saturated heterocycles. The molecule has 0 aliphatic carbocycles. The minimum absolute atomic E-state index is 0.0869. The maximum absolute atomic E-state index is 13.7. The summed E-state index contributed by atoms with van der Waals surface area (Å²) in [6.07, 6.45) is 1.68. The van der Waals surface area contributed by atoms with Gasteiger partial charge in [0, 0.05) is 36.1 Å². The summed E-state index contributed by atoms with van der Waals surface area (Å²) < 4.78 is 76.7. The van der Waals surface area contributed by atoms with Crippen molar-refractivity contribution in [2.75, 3.05) is 33.2 Å². The molecule has 0 saturated carbocycles. The van der Waals surface area contributed by atoms with Crippen molar-refractivity contribution in [1.82, 2.24) is 9.55 Å². The summed E-state index contributed by atoms with van der Waals surface area (Å²) in [6.45, 7) is 5.71. The normalized spacial score (nSPS) is 15.6. The fourth-order valence-electron chi connectivity index (χ4n) is 4.22. The van der Waals surface area contributed by atoms with E-state index in [1.54, 1.807) is 32.4 Å². The SMILES string of the molecule is CC[C@@H](COC)Oc1cc(Oc2ccc(S(C)(=O)=O)nc2)cc(C(=O)N=c2scc(CP3(=O)OCCCO3)n2COC(=O)OC(C)C)c1. The summed E-state index contributed by atoms with van der Waals surface area (Å²) in [7, 11) is -5.46. The molecular formula is C30H38N3O12PS2. The third-order valence-corrected chi connectivity index (χ3v) is 10.3. The summed E-state index contributed by atoms with van der Waals surface area (Å²) in [5.74, 6) is 0.00246. The minimum Gasteiger partial charge on any atom is -0.488 e. The highest BCUT2D eigenvalue weighted by Crippen LogP contribution is 2.53. The van der Waals surface area contributed by atoms with Crippen LogP contribution in [0.25, 0.3) is 0 Å². The second kappa shape index (κ2) is 16.7. The lowest BCUT2D eigenvalue weighted by Gasteiger charge is -2.23. The van der Waals surface area contributed by atoms with E-state index in [0.717, 1.165) is 17.6 Å². The third-order valence-electron chi connectivity index (χ3n) is 6.50. The monoisotopic (exact) mass is 727 g/mol. The van der Waals surface area contributed by atoms with Gasteiger partial charge in [0.25, 0.3) is 5.91 Å². The summed E-state index contributed by atoms with van der Waals surface area (Å²) in [6, 6.07) is 7.26. The molecule has 0 unspecified atom stereocenters. The van der Waals surface area contributed by atoms with Gasteiger partial charge in [0.15, 0.2) is 26.4 Å². The second-order valence-corrected chi connectivity index (χ2v) is 15.7. The first-order chi connectivity index (χ1) is 22.8. The van der Waals surface area contributed by atoms with Gasteiger partial charge in [-0.15, -0.1) is 11.3 Å². The molecule has 3 heterocycles. The van der Waals surface area contributed by atoms with Crippen molar-refractivity contribution in [3.05, 3.63) is 58.0 Å². The van der Waals surface area contributed by atoms with Crippen molar-refractivity contribution >= 4 is 40.8 Å². The number of methoxy groups -OCH3 is 1. The highest BCUT2D eigenvalue weighted by molar-refractivity contribution is 7.90. The molecule has 1 aromatic carbocycles. The zero-order valence-corrected chi connectivity index (χ0v) is 29.7. The predicted octanol–water partition coefficient (Wildman–Crippen LogP) is 5.33. The number of hydrogen-bond acceptors (Lipinski definition) is 14. The van der Waals surface area contributed by atoms with E-state index in [4.69, 9.17) is 32.7 Å². The average Bonchev–Trinajstić information content (AvgIpc) is 3.39. The molecule has 0 N–H and O–H groups in total. The predicted molar refractivity (Wildman–Crippen MR) is 173 cm³/mol.